The number of nitrogens with zero attached hydrogens (tertiary/aromatic N) is 2. The van der Waals surface area contributed by atoms with Crippen molar-refractivity contribution in [3.8, 4) is 5.88 Å². The molecule has 0 aliphatic rings. The molecule has 0 fully saturated rings. The van der Waals surface area contributed by atoms with E-state index in [9.17, 15) is 4.79 Å². The fourth-order valence-electron chi connectivity index (χ4n) is 2.00. The third-order valence-electron chi connectivity index (χ3n) is 3.44. The molecular weight excluding hydrogens is 312 g/mol. The van der Waals surface area contributed by atoms with Gasteiger partial charge in [-0.15, -0.1) is 0 Å². The Balaban J connectivity index is 0.00000134. The molecule has 0 bridgehead atoms. The number of benzene rings is 1. The van der Waals surface area contributed by atoms with Crippen LogP contribution in [-0.2, 0) is 7.05 Å². The molecule has 2 rings (SSSR count). The van der Waals surface area contributed by atoms with Crippen LogP contribution in [0.2, 0.25) is 0 Å². The zero-order chi connectivity index (χ0) is 19.6. The number of hydrogen-bond donors (Lipinski definition) is 0. The summed E-state index contributed by atoms with van der Waals surface area (Å²) in [5.74, 6) is 0.0724. The Hall–Kier alpha value is -2.36. The lowest BCUT2D eigenvalue weighted by atomic mass is 10.0. The fourth-order valence-corrected chi connectivity index (χ4v) is 2.00. The fraction of sp³-hybridized carbons (Fsp3) is 0.429. The quantitative estimate of drug-likeness (QED) is 0.660. The molecule has 1 heterocycles. The maximum absolute atomic E-state index is 12.2. The number of hydrogen-bond acceptors (Lipinski definition) is 3. The SMILES string of the molecule is CC.CC.CC(C)=C(C)c1cccc(C(=O)Oc2cc(C)nn2C)c1. The molecule has 2 aromatic rings. The van der Waals surface area contributed by atoms with Crippen molar-refractivity contribution in [1.29, 1.82) is 0 Å². The number of carbonyl (C=O) groups excluding carboxylic acids is 1. The van der Waals surface area contributed by atoms with Crippen LogP contribution in [0.4, 0.5) is 0 Å². The number of aromatic nitrogens is 2. The van der Waals surface area contributed by atoms with Crippen molar-refractivity contribution in [3.63, 3.8) is 0 Å². The molecule has 4 nitrogen and oxygen atoms in total. The van der Waals surface area contributed by atoms with Crippen molar-refractivity contribution in [2.45, 2.75) is 55.4 Å². The first-order valence-electron chi connectivity index (χ1n) is 8.86. The van der Waals surface area contributed by atoms with Gasteiger partial charge in [0.25, 0.3) is 0 Å². The van der Waals surface area contributed by atoms with Gasteiger partial charge in [0.05, 0.1) is 11.3 Å². The highest BCUT2D eigenvalue weighted by molar-refractivity contribution is 5.92. The summed E-state index contributed by atoms with van der Waals surface area (Å²) in [6.07, 6.45) is 0. The zero-order valence-electron chi connectivity index (χ0n) is 17.1. The van der Waals surface area contributed by atoms with Crippen LogP contribution in [0, 0.1) is 6.92 Å². The van der Waals surface area contributed by atoms with E-state index in [1.165, 1.54) is 11.1 Å². The third kappa shape index (κ3) is 6.57. The Morgan fingerprint density at radius 1 is 1.00 bits per heavy atom. The lowest BCUT2D eigenvalue weighted by Crippen LogP contribution is -2.11. The number of allylic oxidation sites excluding steroid dienone is 2. The third-order valence-corrected chi connectivity index (χ3v) is 3.44. The molecule has 0 aliphatic heterocycles. The molecule has 0 unspecified atom stereocenters. The minimum absolute atomic E-state index is 0.374. The molecular formula is C21H32N2O2. The van der Waals surface area contributed by atoms with Gasteiger partial charge >= 0.3 is 5.97 Å². The van der Waals surface area contributed by atoms with Gasteiger partial charge in [-0.3, -0.25) is 0 Å². The van der Waals surface area contributed by atoms with Gasteiger partial charge in [0.1, 0.15) is 0 Å². The van der Waals surface area contributed by atoms with Crippen LogP contribution in [-0.4, -0.2) is 15.7 Å². The number of carbonyl (C=O) groups is 1. The van der Waals surface area contributed by atoms with Gasteiger partial charge < -0.3 is 4.74 Å². The van der Waals surface area contributed by atoms with E-state index in [1.807, 2.05) is 59.7 Å². The summed E-state index contributed by atoms with van der Waals surface area (Å²) in [5, 5.41) is 4.16. The number of rotatable bonds is 3. The standard InChI is InChI=1S/C17H20N2O2.2C2H6/c1-11(2)13(4)14-7-6-8-15(10-14)17(20)21-16-9-12(3)18-19(16)5;2*1-2/h6-10H,1-5H3;2*1-2H3. The Bertz CT molecular complexity index is 708. The van der Waals surface area contributed by atoms with Crippen molar-refractivity contribution >= 4 is 11.5 Å². The summed E-state index contributed by atoms with van der Waals surface area (Å²) in [4.78, 5) is 12.2. The molecule has 0 atom stereocenters. The summed E-state index contributed by atoms with van der Waals surface area (Å²) in [6, 6.07) is 9.21. The maximum Gasteiger partial charge on any atom is 0.344 e. The van der Waals surface area contributed by atoms with E-state index in [0.29, 0.717) is 11.4 Å². The van der Waals surface area contributed by atoms with Crippen LogP contribution >= 0.6 is 0 Å². The molecule has 4 heteroatoms. The summed E-state index contributed by atoms with van der Waals surface area (Å²) < 4.78 is 6.95. The second-order valence-corrected chi connectivity index (χ2v) is 5.34. The molecule has 0 saturated carbocycles. The van der Waals surface area contributed by atoms with Crippen LogP contribution in [0.25, 0.3) is 5.57 Å². The van der Waals surface area contributed by atoms with E-state index >= 15 is 0 Å². The molecule has 1 aromatic heterocycles. The van der Waals surface area contributed by atoms with E-state index in [2.05, 4.69) is 18.9 Å². The maximum atomic E-state index is 12.2. The van der Waals surface area contributed by atoms with Gasteiger partial charge in [-0.2, -0.15) is 5.10 Å². The van der Waals surface area contributed by atoms with Gasteiger partial charge in [-0.25, -0.2) is 9.48 Å². The van der Waals surface area contributed by atoms with Gasteiger partial charge in [-0.05, 0) is 51.0 Å². The lowest BCUT2D eigenvalue weighted by molar-refractivity contribution is 0.0720. The van der Waals surface area contributed by atoms with Crippen LogP contribution < -0.4 is 4.74 Å². The molecule has 0 saturated heterocycles. The zero-order valence-corrected chi connectivity index (χ0v) is 17.1. The average molecular weight is 344 g/mol. The molecule has 0 aliphatic carbocycles. The minimum Gasteiger partial charge on any atom is -0.404 e. The van der Waals surface area contributed by atoms with Crippen molar-refractivity contribution < 1.29 is 9.53 Å². The van der Waals surface area contributed by atoms with Crippen molar-refractivity contribution in [3.05, 3.63) is 52.7 Å². The van der Waals surface area contributed by atoms with Crippen molar-refractivity contribution in [1.82, 2.24) is 9.78 Å². The minimum atomic E-state index is -0.374. The average Bonchev–Trinajstić information content (AvgIpc) is 2.94. The Morgan fingerprint density at radius 3 is 2.04 bits per heavy atom. The van der Waals surface area contributed by atoms with E-state index in [-0.39, 0.29) is 5.97 Å². The highest BCUT2D eigenvalue weighted by Crippen LogP contribution is 2.20. The first-order chi connectivity index (χ1) is 11.9. The van der Waals surface area contributed by atoms with E-state index < -0.39 is 0 Å². The van der Waals surface area contributed by atoms with E-state index in [0.717, 1.165) is 11.3 Å². The molecule has 0 radical (unpaired) electrons. The number of aryl methyl sites for hydroxylation is 2. The number of esters is 1. The van der Waals surface area contributed by atoms with Crippen LogP contribution in [0.15, 0.2) is 35.9 Å². The lowest BCUT2D eigenvalue weighted by Gasteiger charge is -2.08. The Morgan fingerprint density at radius 2 is 1.56 bits per heavy atom. The van der Waals surface area contributed by atoms with Crippen molar-refractivity contribution in [2.75, 3.05) is 0 Å². The van der Waals surface area contributed by atoms with Gasteiger partial charge in [0.2, 0.25) is 5.88 Å². The second-order valence-electron chi connectivity index (χ2n) is 5.34. The molecule has 1 aromatic carbocycles. The predicted molar refractivity (Wildman–Crippen MR) is 106 cm³/mol. The molecule has 0 amide bonds. The highest BCUT2D eigenvalue weighted by atomic mass is 16.5. The first-order valence-corrected chi connectivity index (χ1v) is 8.86. The number of ether oxygens (including phenoxy) is 1. The normalized spacial score (nSPS) is 9.16. The van der Waals surface area contributed by atoms with Crippen molar-refractivity contribution in [2.24, 2.45) is 7.05 Å². The Kier molecular flexibility index (Phi) is 10.2. The molecule has 25 heavy (non-hydrogen) atoms. The summed E-state index contributed by atoms with van der Waals surface area (Å²) in [7, 11) is 1.75. The van der Waals surface area contributed by atoms with E-state index in [4.69, 9.17) is 4.74 Å². The van der Waals surface area contributed by atoms with Crippen LogP contribution in [0.5, 0.6) is 5.88 Å². The van der Waals surface area contributed by atoms with Crippen LogP contribution in [0.1, 0.15) is 70.1 Å². The van der Waals surface area contributed by atoms with Crippen LogP contribution in [0.3, 0.4) is 0 Å². The summed E-state index contributed by atoms with van der Waals surface area (Å²) in [6.45, 7) is 16.0. The summed E-state index contributed by atoms with van der Waals surface area (Å²) in [5.41, 5.74) is 4.77. The largest absolute Gasteiger partial charge is 0.404 e. The van der Waals surface area contributed by atoms with Gasteiger partial charge in [0, 0.05) is 13.1 Å². The second kappa shape index (κ2) is 11.2. The Labute approximate surface area is 152 Å². The first kappa shape index (κ1) is 22.6. The molecule has 138 valence electrons. The topological polar surface area (TPSA) is 44.1 Å². The van der Waals surface area contributed by atoms with Gasteiger partial charge in [0.15, 0.2) is 0 Å². The highest BCUT2D eigenvalue weighted by Gasteiger charge is 2.13. The molecule has 0 N–H and O–H groups in total. The smallest absolute Gasteiger partial charge is 0.344 e. The van der Waals surface area contributed by atoms with E-state index in [1.54, 1.807) is 23.9 Å². The summed E-state index contributed by atoms with van der Waals surface area (Å²) >= 11 is 0. The predicted octanol–water partition coefficient (Wildman–Crippen LogP) is 5.81. The van der Waals surface area contributed by atoms with Gasteiger partial charge in [-0.1, -0.05) is 45.4 Å². The monoisotopic (exact) mass is 344 g/mol. The molecule has 0 spiro atoms.